The first kappa shape index (κ1) is 16.5. The van der Waals surface area contributed by atoms with Gasteiger partial charge in [-0.25, -0.2) is 4.39 Å². The van der Waals surface area contributed by atoms with E-state index >= 15 is 0 Å². The summed E-state index contributed by atoms with van der Waals surface area (Å²) in [4.78, 5) is 0. The third-order valence-electron chi connectivity index (χ3n) is 5.15. The zero-order valence-electron chi connectivity index (χ0n) is 14.0. The van der Waals surface area contributed by atoms with Crippen LogP contribution in [0.5, 0.6) is 0 Å². The smallest absolute Gasteiger partial charge is 0.123 e. The molecule has 0 aromatic heterocycles. The molecule has 21 heavy (non-hydrogen) atoms. The molecule has 118 valence electrons. The molecule has 1 aliphatic rings. The molecule has 0 spiro atoms. The highest BCUT2D eigenvalue weighted by atomic mass is 19.1. The van der Waals surface area contributed by atoms with Crippen LogP contribution in [-0.2, 0) is 0 Å². The Labute approximate surface area is 129 Å². The monoisotopic (exact) mass is 291 g/mol. The van der Waals surface area contributed by atoms with Gasteiger partial charge in [0.1, 0.15) is 5.82 Å². The molecule has 0 saturated heterocycles. The zero-order valence-corrected chi connectivity index (χ0v) is 14.0. The van der Waals surface area contributed by atoms with E-state index in [1.807, 2.05) is 6.07 Å². The maximum Gasteiger partial charge on any atom is 0.123 e. The molecule has 1 aliphatic carbocycles. The summed E-state index contributed by atoms with van der Waals surface area (Å²) < 4.78 is 13.6. The van der Waals surface area contributed by atoms with Crippen molar-refractivity contribution in [2.75, 3.05) is 13.1 Å². The Morgan fingerprint density at radius 1 is 1.24 bits per heavy atom. The van der Waals surface area contributed by atoms with E-state index in [0.29, 0.717) is 17.3 Å². The van der Waals surface area contributed by atoms with Crippen molar-refractivity contribution in [3.63, 3.8) is 0 Å². The molecule has 1 aromatic carbocycles. The van der Waals surface area contributed by atoms with Crippen LogP contribution in [0.25, 0.3) is 0 Å². The van der Waals surface area contributed by atoms with E-state index in [1.54, 1.807) is 12.1 Å². The maximum atomic E-state index is 13.6. The molecule has 1 saturated carbocycles. The number of benzene rings is 1. The minimum absolute atomic E-state index is 0.104. The van der Waals surface area contributed by atoms with Crippen LogP contribution in [-0.4, -0.2) is 13.1 Å². The van der Waals surface area contributed by atoms with E-state index in [4.69, 9.17) is 0 Å². The molecule has 1 fully saturated rings. The molecule has 1 nitrogen and oxygen atoms in total. The second-order valence-corrected chi connectivity index (χ2v) is 7.61. The first-order chi connectivity index (χ1) is 9.91. The summed E-state index contributed by atoms with van der Waals surface area (Å²) in [5, 5.41) is 3.49. The molecular weight excluding hydrogens is 261 g/mol. The molecule has 3 atom stereocenters. The SMILES string of the molecule is CCNCC1CCC(C(C)(C)C)CC1c1cccc(F)c1. The van der Waals surface area contributed by atoms with Gasteiger partial charge >= 0.3 is 0 Å². The Morgan fingerprint density at radius 2 is 2.00 bits per heavy atom. The molecule has 3 unspecified atom stereocenters. The summed E-state index contributed by atoms with van der Waals surface area (Å²) in [5.41, 5.74) is 1.53. The predicted molar refractivity (Wildman–Crippen MR) is 88.0 cm³/mol. The quantitative estimate of drug-likeness (QED) is 0.825. The van der Waals surface area contributed by atoms with Crippen molar-refractivity contribution < 1.29 is 4.39 Å². The summed E-state index contributed by atoms with van der Waals surface area (Å²) in [5.74, 6) is 1.74. The summed E-state index contributed by atoms with van der Waals surface area (Å²) in [7, 11) is 0. The minimum atomic E-state index is -0.104. The summed E-state index contributed by atoms with van der Waals surface area (Å²) in [6, 6.07) is 7.26. The summed E-state index contributed by atoms with van der Waals surface area (Å²) in [6.45, 7) is 11.2. The van der Waals surface area contributed by atoms with Gasteiger partial charge in [-0.05, 0) is 73.2 Å². The van der Waals surface area contributed by atoms with Crippen LogP contribution in [0.15, 0.2) is 24.3 Å². The van der Waals surface area contributed by atoms with E-state index < -0.39 is 0 Å². The van der Waals surface area contributed by atoms with Gasteiger partial charge < -0.3 is 5.32 Å². The van der Waals surface area contributed by atoms with Gasteiger partial charge in [0.2, 0.25) is 0 Å². The van der Waals surface area contributed by atoms with Gasteiger partial charge in [0.15, 0.2) is 0 Å². The lowest BCUT2D eigenvalue weighted by Crippen LogP contribution is -2.35. The molecule has 0 heterocycles. The van der Waals surface area contributed by atoms with Crippen molar-refractivity contribution in [2.45, 2.75) is 52.9 Å². The number of rotatable bonds is 4. The van der Waals surface area contributed by atoms with E-state index in [1.165, 1.54) is 24.8 Å². The normalized spacial score (nSPS) is 26.8. The van der Waals surface area contributed by atoms with Crippen LogP contribution in [0.2, 0.25) is 0 Å². The number of halogens is 1. The fraction of sp³-hybridized carbons (Fsp3) is 0.684. The molecular formula is C19H30FN. The molecule has 0 bridgehead atoms. The number of nitrogens with one attached hydrogen (secondary N) is 1. The predicted octanol–water partition coefficient (Wildman–Crippen LogP) is 4.98. The fourth-order valence-electron chi connectivity index (χ4n) is 3.74. The topological polar surface area (TPSA) is 12.0 Å². The second kappa shape index (κ2) is 6.91. The van der Waals surface area contributed by atoms with E-state index in [2.05, 4.69) is 39.1 Å². The standard InChI is InChI=1S/C19H30FN/c1-5-21-13-15-9-10-16(19(2,3)4)12-18(15)14-7-6-8-17(20)11-14/h6-8,11,15-16,18,21H,5,9-10,12-13H2,1-4H3. The molecule has 1 N–H and O–H groups in total. The largest absolute Gasteiger partial charge is 0.317 e. The maximum absolute atomic E-state index is 13.6. The summed E-state index contributed by atoms with van der Waals surface area (Å²) >= 11 is 0. The Kier molecular flexibility index (Phi) is 5.43. The first-order valence-corrected chi connectivity index (χ1v) is 8.38. The average Bonchev–Trinajstić information content (AvgIpc) is 2.44. The Hall–Kier alpha value is -0.890. The minimum Gasteiger partial charge on any atom is -0.317 e. The molecule has 0 amide bonds. The molecule has 2 heteroatoms. The number of hydrogen-bond acceptors (Lipinski definition) is 1. The molecule has 0 aliphatic heterocycles. The Balaban J connectivity index is 2.20. The van der Waals surface area contributed by atoms with E-state index in [9.17, 15) is 4.39 Å². The van der Waals surface area contributed by atoms with Gasteiger partial charge in [0, 0.05) is 0 Å². The van der Waals surface area contributed by atoms with Crippen LogP contribution in [0.1, 0.15) is 58.4 Å². The fourth-order valence-corrected chi connectivity index (χ4v) is 3.74. The van der Waals surface area contributed by atoms with Gasteiger partial charge in [-0.1, -0.05) is 39.8 Å². The third kappa shape index (κ3) is 4.29. The zero-order chi connectivity index (χ0) is 15.5. The van der Waals surface area contributed by atoms with E-state index in [0.717, 1.165) is 19.0 Å². The van der Waals surface area contributed by atoms with Crippen LogP contribution in [0.3, 0.4) is 0 Å². The lowest BCUT2D eigenvalue weighted by atomic mass is 9.64. The molecule has 2 rings (SSSR count). The van der Waals surface area contributed by atoms with Crippen LogP contribution >= 0.6 is 0 Å². The molecule has 1 aromatic rings. The summed E-state index contributed by atoms with van der Waals surface area (Å²) in [6.07, 6.45) is 3.73. The van der Waals surface area contributed by atoms with Gasteiger partial charge in [0.05, 0.1) is 0 Å². The number of hydrogen-bond donors (Lipinski definition) is 1. The van der Waals surface area contributed by atoms with Crippen molar-refractivity contribution in [3.05, 3.63) is 35.6 Å². The first-order valence-electron chi connectivity index (χ1n) is 8.38. The Bertz CT molecular complexity index is 449. The lowest BCUT2D eigenvalue weighted by Gasteiger charge is -2.42. The van der Waals surface area contributed by atoms with Crippen LogP contribution in [0.4, 0.5) is 4.39 Å². The second-order valence-electron chi connectivity index (χ2n) is 7.61. The lowest BCUT2D eigenvalue weighted by molar-refractivity contribution is 0.129. The van der Waals surface area contributed by atoms with Crippen molar-refractivity contribution in [2.24, 2.45) is 17.3 Å². The van der Waals surface area contributed by atoms with Crippen LogP contribution < -0.4 is 5.32 Å². The van der Waals surface area contributed by atoms with E-state index in [-0.39, 0.29) is 5.82 Å². The highest BCUT2D eigenvalue weighted by Crippen LogP contribution is 2.46. The van der Waals surface area contributed by atoms with Gasteiger partial charge in [-0.2, -0.15) is 0 Å². The Morgan fingerprint density at radius 3 is 2.62 bits per heavy atom. The van der Waals surface area contributed by atoms with Crippen molar-refractivity contribution in [1.29, 1.82) is 0 Å². The van der Waals surface area contributed by atoms with Crippen molar-refractivity contribution in [3.8, 4) is 0 Å². The van der Waals surface area contributed by atoms with Gasteiger partial charge in [-0.15, -0.1) is 0 Å². The van der Waals surface area contributed by atoms with Crippen molar-refractivity contribution in [1.82, 2.24) is 5.32 Å². The highest BCUT2D eigenvalue weighted by Gasteiger charge is 2.36. The average molecular weight is 291 g/mol. The molecule has 0 radical (unpaired) electrons. The third-order valence-corrected chi connectivity index (χ3v) is 5.15. The van der Waals surface area contributed by atoms with Gasteiger partial charge in [0.25, 0.3) is 0 Å². The highest BCUT2D eigenvalue weighted by molar-refractivity contribution is 5.22. The van der Waals surface area contributed by atoms with Crippen LogP contribution in [0, 0.1) is 23.1 Å². The van der Waals surface area contributed by atoms with Crippen molar-refractivity contribution >= 4 is 0 Å². The van der Waals surface area contributed by atoms with Gasteiger partial charge in [-0.3, -0.25) is 0 Å².